The van der Waals surface area contributed by atoms with Gasteiger partial charge in [0.25, 0.3) is 0 Å². The number of amides is 1. The highest BCUT2D eigenvalue weighted by atomic mass is 16.1. The van der Waals surface area contributed by atoms with Crippen LogP contribution in [-0.2, 0) is 4.79 Å². The van der Waals surface area contributed by atoms with Crippen molar-refractivity contribution in [3.8, 4) is 0 Å². The van der Waals surface area contributed by atoms with Crippen molar-refractivity contribution in [3.05, 3.63) is 0 Å². The molecule has 0 aromatic heterocycles. The van der Waals surface area contributed by atoms with Gasteiger partial charge in [-0.15, -0.1) is 0 Å². The zero-order valence-corrected chi connectivity index (χ0v) is 12.3. The molecule has 1 saturated heterocycles. The van der Waals surface area contributed by atoms with E-state index < -0.39 is 0 Å². The highest BCUT2D eigenvalue weighted by Crippen LogP contribution is 2.16. The molecule has 1 rings (SSSR count). The summed E-state index contributed by atoms with van der Waals surface area (Å²) in [5.41, 5.74) is 0. The van der Waals surface area contributed by atoms with E-state index in [2.05, 4.69) is 31.4 Å². The second-order valence-corrected chi connectivity index (χ2v) is 5.70. The van der Waals surface area contributed by atoms with Gasteiger partial charge in [0.05, 0.1) is 0 Å². The van der Waals surface area contributed by atoms with Crippen molar-refractivity contribution in [2.45, 2.75) is 65.3 Å². The Morgan fingerprint density at radius 2 is 2.00 bits per heavy atom. The molecule has 1 amide bonds. The van der Waals surface area contributed by atoms with Crippen LogP contribution < -0.4 is 10.6 Å². The fraction of sp³-hybridized carbons (Fsp3) is 0.933. The molecule has 0 aromatic rings. The fourth-order valence-electron chi connectivity index (χ4n) is 2.85. The monoisotopic (exact) mass is 254 g/mol. The Morgan fingerprint density at radius 3 is 2.56 bits per heavy atom. The molecular weight excluding hydrogens is 224 g/mol. The van der Waals surface area contributed by atoms with Gasteiger partial charge in [0.2, 0.25) is 5.91 Å². The van der Waals surface area contributed by atoms with Crippen molar-refractivity contribution in [3.63, 3.8) is 0 Å². The van der Waals surface area contributed by atoms with E-state index in [-0.39, 0.29) is 11.8 Å². The third kappa shape index (κ3) is 4.97. The number of carbonyl (C=O) groups excluding carboxylic acids is 1. The van der Waals surface area contributed by atoms with Crippen LogP contribution in [-0.4, -0.2) is 25.0 Å². The lowest BCUT2D eigenvalue weighted by Crippen LogP contribution is -2.48. The summed E-state index contributed by atoms with van der Waals surface area (Å²) in [6, 6.07) is 0.464. The Balaban J connectivity index is 2.33. The molecule has 2 unspecified atom stereocenters. The number of hydrogen-bond donors (Lipinski definition) is 2. The molecule has 1 heterocycles. The Kier molecular flexibility index (Phi) is 7.33. The van der Waals surface area contributed by atoms with E-state index in [0.717, 1.165) is 38.8 Å². The third-order valence-electron chi connectivity index (χ3n) is 4.07. The van der Waals surface area contributed by atoms with Crippen LogP contribution in [0.1, 0.15) is 59.3 Å². The van der Waals surface area contributed by atoms with E-state index >= 15 is 0 Å². The van der Waals surface area contributed by atoms with Crippen LogP contribution in [0.5, 0.6) is 0 Å². The molecule has 18 heavy (non-hydrogen) atoms. The van der Waals surface area contributed by atoms with Gasteiger partial charge in [0.15, 0.2) is 0 Å². The van der Waals surface area contributed by atoms with Gasteiger partial charge in [-0.3, -0.25) is 4.79 Å². The standard InChI is InChI=1S/C15H30N2O/c1-4-7-13(8-5-2)15(18)17-11-14-12(3)9-6-10-16-14/h12-14,16H,4-11H2,1-3H3,(H,17,18). The van der Waals surface area contributed by atoms with Gasteiger partial charge < -0.3 is 10.6 Å². The molecule has 0 radical (unpaired) electrons. The number of carbonyl (C=O) groups is 1. The molecule has 0 bridgehead atoms. The maximum Gasteiger partial charge on any atom is 0.223 e. The second-order valence-electron chi connectivity index (χ2n) is 5.70. The predicted octanol–water partition coefficient (Wildman–Crippen LogP) is 2.71. The molecule has 0 spiro atoms. The normalized spacial score (nSPS) is 24.2. The molecular formula is C15H30N2O. The average molecular weight is 254 g/mol. The van der Waals surface area contributed by atoms with E-state index in [1.165, 1.54) is 12.8 Å². The zero-order valence-electron chi connectivity index (χ0n) is 12.3. The van der Waals surface area contributed by atoms with Crippen molar-refractivity contribution in [2.24, 2.45) is 11.8 Å². The maximum absolute atomic E-state index is 12.1. The summed E-state index contributed by atoms with van der Waals surface area (Å²) < 4.78 is 0. The second kappa shape index (κ2) is 8.52. The highest BCUT2D eigenvalue weighted by molar-refractivity contribution is 5.78. The summed E-state index contributed by atoms with van der Waals surface area (Å²) in [5, 5.41) is 6.66. The summed E-state index contributed by atoms with van der Waals surface area (Å²) in [4.78, 5) is 12.1. The number of hydrogen-bond acceptors (Lipinski definition) is 2. The molecule has 0 aromatic carbocycles. The van der Waals surface area contributed by atoms with Crippen molar-refractivity contribution in [2.75, 3.05) is 13.1 Å². The molecule has 3 heteroatoms. The molecule has 3 nitrogen and oxygen atoms in total. The van der Waals surface area contributed by atoms with Crippen LogP contribution in [0.3, 0.4) is 0 Å². The minimum Gasteiger partial charge on any atom is -0.354 e. The fourth-order valence-corrected chi connectivity index (χ4v) is 2.85. The Morgan fingerprint density at radius 1 is 1.33 bits per heavy atom. The van der Waals surface area contributed by atoms with Crippen LogP contribution in [0, 0.1) is 11.8 Å². The van der Waals surface area contributed by atoms with Crippen LogP contribution in [0.15, 0.2) is 0 Å². The first kappa shape index (κ1) is 15.5. The van der Waals surface area contributed by atoms with E-state index in [0.29, 0.717) is 12.0 Å². The van der Waals surface area contributed by atoms with Gasteiger partial charge in [0, 0.05) is 18.5 Å². The lowest BCUT2D eigenvalue weighted by molar-refractivity contribution is -0.125. The van der Waals surface area contributed by atoms with Crippen molar-refractivity contribution in [1.29, 1.82) is 0 Å². The first-order valence-corrected chi connectivity index (χ1v) is 7.70. The zero-order chi connectivity index (χ0) is 13.4. The topological polar surface area (TPSA) is 41.1 Å². The summed E-state index contributed by atoms with van der Waals surface area (Å²) in [7, 11) is 0. The Labute approximate surface area is 112 Å². The van der Waals surface area contributed by atoms with Gasteiger partial charge in [-0.2, -0.15) is 0 Å². The van der Waals surface area contributed by atoms with Crippen LogP contribution >= 0.6 is 0 Å². The summed E-state index contributed by atoms with van der Waals surface area (Å²) in [5.74, 6) is 1.16. The largest absolute Gasteiger partial charge is 0.354 e. The molecule has 1 fully saturated rings. The highest BCUT2D eigenvalue weighted by Gasteiger charge is 2.22. The summed E-state index contributed by atoms with van der Waals surface area (Å²) in [6.45, 7) is 8.47. The van der Waals surface area contributed by atoms with E-state index in [9.17, 15) is 4.79 Å². The quantitative estimate of drug-likeness (QED) is 0.733. The van der Waals surface area contributed by atoms with E-state index in [1.807, 2.05) is 0 Å². The van der Waals surface area contributed by atoms with E-state index in [4.69, 9.17) is 0 Å². The smallest absolute Gasteiger partial charge is 0.223 e. The van der Waals surface area contributed by atoms with Gasteiger partial charge in [-0.05, 0) is 38.1 Å². The number of rotatable bonds is 7. The van der Waals surface area contributed by atoms with Gasteiger partial charge in [-0.25, -0.2) is 0 Å². The Hall–Kier alpha value is -0.570. The van der Waals surface area contributed by atoms with Crippen LogP contribution in [0.25, 0.3) is 0 Å². The number of nitrogens with one attached hydrogen (secondary N) is 2. The predicted molar refractivity (Wildman–Crippen MR) is 76.5 cm³/mol. The van der Waals surface area contributed by atoms with Crippen molar-refractivity contribution < 1.29 is 4.79 Å². The Bertz CT molecular complexity index is 237. The molecule has 0 aliphatic carbocycles. The van der Waals surface area contributed by atoms with Crippen molar-refractivity contribution in [1.82, 2.24) is 10.6 Å². The average Bonchev–Trinajstić information content (AvgIpc) is 2.37. The molecule has 1 aliphatic heterocycles. The molecule has 2 atom stereocenters. The third-order valence-corrected chi connectivity index (χ3v) is 4.07. The lowest BCUT2D eigenvalue weighted by atomic mass is 9.92. The van der Waals surface area contributed by atoms with Gasteiger partial charge in [0.1, 0.15) is 0 Å². The first-order valence-electron chi connectivity index (χ1n) is 7.70. The summed E-state index contributed by atoms with van der Waals surface area (Å²) in [6.07, 6.45) is 6.77. The molecule has 2 N–H and O–H groups in total. The SMILES string of the molecule is CCCC(CCC)C(=O)NCC1NCCCC1C. The summed E-state index contributed by atoms with van der Waals surface area (Å²) >= 11 is 0. The lowest BCUT2D eigenvalue weighted by Gasteiger charge is -2.30. The minimum absolute atomic E-state index is 0.221. The minimum atomic E-state index is 0.221. The first-order chi connectivity index (χ1) is 8.69. The maximum atomic E-state index is 12.1. The van der Waals surface area contributed by atoms with Crippen molar-refractivity contribution >= 4 is 5.91 Å². The van der Waals surface area contributed by atoms with Gasteiger partial charge in [-0.1, -0.05) is 33.6 Å². The molecule has 1 aliphatic rings. The molecule has 106 valence electrons. The van der Waals surface area contributed by atoms with E-state index in [1.54, 1.807) is 0 Å². The van der Waals surface area contributed by atoms with Crippen LogP contribution in [0.4, 0.5) is 0 Å². The van der Waals surface area contributed by atoms with Crippen LogP contribution in [0.2, 0.25) is 0 Å². The molecule has 0 saturated carbocycles. The number of piperidine rings is 1. The van der Waals surface area contributed by atoms with Gasteiger partial charge >= 0.3 is 0 Å².